The van der Waals surface area contributed by atoms with Crippen molar-refractivity contribution in [1.82, 2.24) is 5.32 Å². The fourth-order valence-electron chi connectivity index (χ4n) is 4.75. The quantitative estimate of drug-likeness (QED) is 0.386. The molecule has 7 nitrogen and oxygen atoms in total. The number of rotatable bonds is 9. The van der Waals surface area contributed by atoms with E-state index in [2.05, 4.69) is 22.8 Å². The molecule has 2 unspecified atom stereocenters. The summed E-state index contributed by atoms with van der Waals surface area (Å²) in [7, 11) is 0. The van der Waals surface area contributed by atoms with Gasteiger partial charge < -0.3 is 20.5 Å². The topological polar surface area (TPSA) is 105 Å². The highest BCUT2D eigenvalue weighted by atomic mass is 16.5. The summed E-state index contributed by atoms with van der Waals surface area (Å²) >= 11 is 0. The third-order valence-corrected chi connectivity index (χ3v) is 6.33. The van der Waals surface area contributed by atoms with E-state index in [-0.39, 0.29) is 35.9 Å². The number of fused-ring (bicyclic) bond motifs is 3. The average molecular weight is 487 g/mol. The Morgan fingerprint density at radius 2 is 1.69 bits per heavy atom. The van der Waals surface area contributed by atoms with Gasteiger partial charge in [-0.2, -0.15) is 0 Å². The zero-order chi connectivity index (χ0) is 25.7. The molecule has 0 heterocycles. The minimum atomic E-state index is -0.780. The number of anilines is 1. The second kappa shape index (κ2) is 11.1. The van der Waals surface area contributed by atoms with Gasteiger partial charge in [0.15, 0.2) is 0 Å². The van der Waals surface area contributed by atoms with Crippen LogP contribution in [-0.4, -0.2) is 35.5 Å². The Morgan fingerprint density at radius 1 is 0.972 bits per heavy atom. The molecule has 0 saturated carbocycles. The molecule has 2 atom stereocenters. The summed E-state index contributed by atoms with van der Waals surface area (Å²) in [5.74, 6) is -0.717. The molecule has 3 N–H and O–H groups in total. The molecule has 2 amide bonds. The van der Waals surface area contributed by atoms with Crippen molar-refractivity contribution in [1.29, 1.82) is 0 Å². The summed E-state index contributed by atoms with van der Waals surface area (Å²) in [5, 5.41) is 15.2. The number of carbonyl (C=O) groups is 3. The van der Waals surface area contributed by atoms with Gasteiger partial charge in [-0.1, -0.05) is 42.5 Å². The molecule has 0 fully saturated rings. The van der Waals surface area contributed by atoms with Gasteiger partial charge in [0.2, 0.25) is 11.8 Å². The predicted molar refractivity (Wildman–Crippen MR) is 138 cm³/mol. The smallest absolute Gasteiger partial charge is 0.305 e. The third kappa shape index (κ3) is 5.74. The van der Waals surface area contributed by atoms with Crippen molar-refractivity contribution in [2.24, 2.45) is 0 Å². The Hall–Kier alpha value is -4.13. The van der Waals surface area contributed by atoms with Crippen LogP contribution < -0.4 is 10.6 Å². The van der Waals surface area contributed by atoms with E-state index in [9.17, 15) is 19.5 Å². The Morgan fingerprint density at radius 3 is 2.42 bits per heavy atom. The van der Waals surface area contributed by atoms with Crippen LogP contribution in [0.5, 0.6) is 5.75 Å². The molecule has 0 aliphatic heterocycles. The first-order valence-corrected chi connectivity index (χ1v) is 12.1. The van der Waals surface area contributed by atoms with Gasteiger partial charge >= 0.3 is 5.97 Å². The lowest BCUT2D eigenvalue weighted by Gasteiger charge is -2.19. The highest BCUT2D eigenvalue weighted by Gasteiger charge is 2.29. The molecule has 0 saturated heterocycles. The zero-order valence-electron chi connectivity index (χ0n) is 20.4. The summed E-state index contributed by atoms with van der Waals surface area (Å²) in [6.45, 7) is 3.52. The Bertz CT molecular complexity index is 1270. The first kappa shape index (κ1) is 25.0. The van der Waals surface area contributed by atoms with Gasteiger partial charge in [-0.05, 0) is 65.4 Å². The molecular weight excluding hydrogens is 456 g/mol. The maximum absolute atomic E-state index is 13.2. The van der Waals surface area contributed by atoms with Gasteiger partial charge in [0.05, 0.1) is 6.61 Å². The van der Waals surface area contributed by atoms with E-state index >= 15 is 0 Å². The van der Waals surface area contributed by atoms with Crippen LogP contribution in [-0.2, 0) is 25.5 Å². The second-order valence-electron chi connectivity index (χ2n) is 8.90. The molecule has 1 aliphatic carbocycles. The number of hydrogen-bond acceptors (Lipinski definition) is 5. The maximum atomic E-state index is 13.2. The molecule has 3 aromatic carbocycles. The molecule has 0 aromatic heterocycles. The normalized spacial score (nSPS) is 14.3. The lowest BCUT2D eigenvalue weighted by atomic mass is 9.92. The summed E-state index contributed by atoms with van der Waals surface area (Å²) in [5.41, 5.74) is 5.85. The van der Waals surface area contributed by atoms with Gasteiger partial charge in [-0.15, -0.1) is 0 Å². The number of nitrogens with one attached hydrogen (secondary N) is 2. The molecule has 4 rings (SSSR count). The second-order valence-corrected chi connectivity index (χ2v) is 8.90. The van der Waals surface area contributed by atoms with E-state index in [0.717, 1.165) is 27.8 Å². The van der Waals surface area contributed by atoms with Gasteiger partial charge in [0.1, 0.15) is 11.8 Å². The van der Waals surface area contributed by atoms with E-state index < -0.39 is 6.04 Å². The van der Waals surface area contributed by atoms with Crippen molar-refractivity contribution in [3.63, 3.8) is 0 Å². The lowest BCUT2D eigenvalue weighted by molar-refractivity contribution is -0.143. The highest BCUT2D eigenvalue weighted by molar-refractivity contribution is 5.97. The summed E-state index contributed by atoms with van der Waals surface area (Å²) < 4.78 is 5.12. The molecule has 3 aromatic rings. The SMILES string of the molecule is CCOC(=O)CCC1c2ccccc2-c2ccc(NC(=O)C(Cc3ccc(O)cc3)NC(C)=O)cc21. The fraction of sp³-hybridized carbons (Fsp3) is 0.276. The van der Waals surface area contributed by atoms with Gasteiger partial charge in [0, 0.05) is 31.4 Å². The number of hydrogen-bond donors (Lipinski definition) is 3. The standard InChI is InChI=1S/C29H30N2O5/c1-3-36-28(34)15-14-25-23-7-5-4-6-22(23)24-13-10-20(17-26(24)25)31-29(35)27(30-18(2)32)16-19-8-11-21(33)12-9-19/h4-13,17,25,27,33H,3,14-16H2,1-2H3,(H,30,32)(H,31,35). The highest BCUT2D eigenvalue weighted by Crippen LogP contribution is 2.47. The van der Waals surface area contributed by atoms with E-state index in [4.69, 9.17) is 4.74 Å². The predicted octanol–water partition coefficient (Wildman–Crippen LogP) is 4.53. The van der Waals surface area contributed by atoms with Crippen LogP contribution in [0, 0.1) is 0 Å². The number of ether oxygens (including phenoxy) is 1. The van der Waals surface area contributed by atoms with Crippen LogP contribution in [0.3, 0.4) is 0 Å². The average Bonchev–Trinajstić information content (AvgIpc) is 3.16. The van der Waals surface area contributed by atoms with Crippen LogP contribution in [0.2, 0.25) is 0 Å². The largest absolute Gasteiger partial charge is 0.508 e. The Labute approximate surface area is 210 Å². The first-order valence-electron chi connectivity index (χ1n) is 12.1. The van der Waals surface area contributed by atoms with Crippen LogP contribution >= 0.6 is 0 Å². The first-order chi connectivity index (χ1) is 17.4. The summed E-state index contributed by atoms with van der Waals surface area (Å²) in [6, 6.07) is 19.7. The van der Waals surface area contributed by atoms with Gasteiger partial charge in [0.25, 0.3) is 0 Å². The number of carbonyl (C=O) groups excluding carboxylic acids is 3. The molecule has 186 valence electrons. The fourth-order valence-corrected chi connectivity index (χ4v) is 4.75. The minimum Gasteiger partial charge on any atom is -0.508 e. The van der Waals surface area contributed by atoms with Crippen LogP contribution in [0.4, 0.5) is 5.69 Å². The van der Waals surface area contributed by atoms with Crippen LogP contribution in [0.1, 0.15) is 49.3 Å². The van der Waals surface area contributed by atoms with Crippen molar-refractivity contribution in [2.45, 2.75) is 45.1 Å². The Kier molecular flexibility index (Phi) is 7.68. The van der Waals surface area contributed by atoms with Gasteiger partial charge in [-0.3, -0.25) is 14.4 Å². The van der Waals surface area contributed by atoms with Crippen molar-refractivity contribution >= 4 is 23.5 Å². The molecular formula is C29H30N2O5. The van der Waals surface area contributed by atoms with Crippen molar-refractivity contribution in [3.8, 4) is 16.9 Å². The van der Waals surface area contributed by atoms with Crippen molar-refractivity contribution in [3.05, 3.63) is 83.4 Å². The number of amides is 2. The van der Waals surface area contributed by atoms with E-state index in [1.54, 1.807) is 31.2 Å². The maximum Gasteiger partial charge on any atom is 0.305 e. The lowest BCUT2D eigenvalue weighted by Crippen LogP contribution is -2.44. The summed E-state index contributed by atoms with van der Waals surface area (Å²) in [4.78, 5) is 37.0. The molecule has 1 aliphatic rings. The van der Waals surface area contributed by atoms with Crippen LogP contribution in [0.25, 0.3) is 11.1 Å². The number of phenolic OH excluding ortho intramolecular Hbond substituents is 1. The molecule has 0 spiro atoms. The van der Waals surface area contributed by atoms with Crippen molar-refractivity contribution in [2.75, 3.05) is 11.9 Å². The van der Waals surface area contributed by atoms with E-state index in [1.165, 1.54) is 6.92 Å². The van der Waals surface area contributed by atoms with Crippen LogP contribution in [0.15, 0.2) is 66.7 Å². The third-order valence-electron chi connectivity index (χ3n) is 6.33. The number of benzene rings is 3. The summed E-state index contributed by atoms with van der Waals surface area (Å²) in [6.07, 6.45) is 1.19. The van der Waals surface area contributed by atoms with E-state index in [1.807, 2.05) is 30.3 Å². The van der Waals surface area contributed by atoms with Crippen molar-refractivity contribution < 1.29 is 24.2 Å². The molecule has 36 heavy (non-hydrogen) atoms. The van der Waals surface area contributed by atoms with Gasteiger partial charge in [-0.25, -0.2) is 0 Å². The number of aromatic hydroxyl groups is 1. The number of phenols is 1. The molecule has 0 bridgehead atoms. The Balaban J connectivity index is 1.55. The number of esters is 1. The monoisotopic (exact) mass is 486 g/mol. The minimum absolute atomic E-state index is 0.0144. The zero-order valence-corrected chi connectivity index (χ0v) is 20.4. The molecule has 7 heteroatoms. The van der Waals surface area contributed by atoms with E-state index in [0.29, 0.717) is 25.1 Å². The molecule has 0 radical (unpaired) electrons.